The van der Waals surface area contributed by atoms with Gasteiger partial charge in [0.25, 0.3) is 0 Å². The lowest BCUT2D eigenvalue weighted by Gasteiger charge is -2.04. The molecule has 3 aromatic rings. The fraction of sp³-hybridized carbons (Fsp3) is 0.200. The number of rotatable bonds is 7. The Kier molecular flexibility index (Phi) is 5.37. The largest absolute Gasteiger partial charge is 0.493 e. The van der Waals surface area contributed by atoms with Gasteiger partial charge in [0.1, 0.15) is 11.6 Å². The lowest BCUT2D eigenvalue weighted by atomic mass is 10.3. The number of thiophene rings is 1. The van der Waals surface area contributed by atoms with Crippen LogP contribution < -0.4 is 4.74 Å². The minimum atomic E-state index is 0.598. The lowest BCUT2D eigenvalue weighted by molar-refractivity contribution is 0.344. The third-order valence-corrected chi connectivity index (χ3v) is 4.77. The van der Waals surface area contributed by atoms with E-state index in [0.717, 1.165) is 28.9 Å². The molecule has 7 heteroatoms. The number of H-pyrrole nitrogens is 1. The van der Waals surface area contributed by atoms with Gasteiger partial charge in [0.05, 0.1) is 6.61 Å². The minimum Gasteiger partial charge on any atom is -0.493 e. The van der Waals surface area contributed by atoms with Crippen molar-refractivity contribution in [2.45, 2.75) is 11.6 Å². The number of thioether (sulfide) groups is 1. The molecule has 1 aromatic carbocycles. The van der Waals surface area contributed by atoms with Crippen molar-refractivity contribution >= 4 is 34.7 Å². The molecule has 0 unspecified atom stereocenters. The van der Waals surface area contributed by atoms with Crippen LogP contribution in [0.15, 0.2) is 46.9 Å². The van der Waals surface area contributed by atoms with Crippen LogP contribution in [0.5, 0.6) is 5.75 Å². The first-order chi connectivity index (χ1) is 10.8. The zero-order valence-corrected chi connectivity index (χ0v) is 14.0. The summed E-state index contributed by atoms with van der Waals surface area (Å²) in [6.45, 7) is 0.598. The summed E-state index contributed by atoms with van der Waals surface area (Å²) in [5.74, 6) is 2.50. The van der Waals surface area contributed by atoms with Crippen molar-refractivity contribution in [3.8, 4) is 5.75 Å². The molecule has 114 valence electrons. The highest BCUT2D eigenvalue weighted by molar-refractivity contribution is 7.99. The van der Waals surface area contributed by atoms with Crippen LogP contribution in [0.3, 0.4) is 0 Å². The number of aromatic amines is 1. The molecule has 0 aliphatic heterocycles. The summed E-state index contributed by atoms with van der Waals surface area (Å²) in [5.41, 5.74) is 0. The molecule has 0 radical (unpaired) electrons. The number of nitrogens with zero attached hydrogens (tertiary/aromatic N) is 2. The Bertz CT molecular complexity index is 698. The number of aromatic nitrogens is 3. The van der Waals surface area contributed by atoms with E-state index in [0.29, 0.717) is 11.6 Å². The van der Waals surface area contributed by atoms with Crippen molar-refractivity contribution in [2.75, 3.05) is 12.4 Å². The Morgan fingerprint density at radius 2 is 2.09 bits per heavy atom. The van der Waals surface area contributed by atoms with Gasteiger partial charge in [-0.25, -0.2) is 4.98 Å². The molecule has 3 rings (SSSR count). The third kappa shape index (κ3) is 4.50. The SMILES string of the molecule is Clc1ccc(OCCSc2n[nH]c(Cc3cccs3)n2)cc1. The van der Waals surface area contributed by atoms with Crippen molar-refractivity contribution in [3.63, 3.8) is 0 Å². The van der Waals surface area contributed by atoms with Crippen molar-refractivity contribution in [1.29, 1.82) is 0 Å². The maximum Gasteiger partial charge on any atom is 0.208 e. The Labute approximate surface area is 141 Å². The molecule has 1 N–H and O–H groups in total. The second-order valence-electron chi connectivity index (χ2n) is 4.47. The second-order valence-corrected chi connectivity index (χ2v) is 7.00. The number of halogens is 1. The Balaban J connectivity index is 1.42. The summed E-state index contributed by atoms with van der Waals surface area (Å²) < 4.78 is 5.63. The molecule has 0 aliphatic carbocycles. The Morgan fingerprint density at radius 3 is 2.86 bits per heavy atom. The molecule has 0 spiro atoms. The highest BCUT2D eigenvalue weighted by Crippen LogP contribution is 2.18. The van der Waals surface area contributed by atoms with Crippen LogP contribution in [0, 0.1) is 0 Å². The van der Waals surface area contributed by atoms with Gasteiger partial charge < -0.3 is 4.74 Å². The molecule has 0 amide bonds. The fourth-order valence-corrected chi connectivity index (χ4v) is 3.29. The maximum atomic E-state index is 5.83. The minimum absolute atomic E-state index is 0.598. The van der Waals surface area contributed by atoms with Gasteiger partial charge in [0.15, 0.2) is 0 Å². The first-order valence-electron chi connectivity index (χ1n) is 6.74. The number of ether oxygens (including phenoxy) is 1. The predicted molar refractivity (Wildman–Crippen MR) is 91.2 cm³/mol. The third-order valence-electron chi connectivity index (χ3n) is 2.83. The molecule has 4 nitrogen and oxygen atoms in total. The standard InChI is InChI=1S/C15H14ClN3OS2/c16-11-3-5-12(6-4-11)20-7-9-22-15-17-14(18-19-15)10-13-2-1-8-21-13/h1-6,8H,7,9-10H2,(H,17,18,19). The van der Waals surface area contributed by atoms with Gasteiger partial charge in [-0.1, -0.05) is 29.4 Å². The quantitative estimate of drug-likeness (QED) is 0.510. The molecule has 0 saturated carbocycles. The first kappa shape index (κ1) is 15.4. The normalized spacial score (nSPS) is 10.8. The molecule has 0 aliphatic rings. The molecule has 0 atom stereocenters. The van der Waals surface area contributed by atoms with Crippen molar-refractivity contribution in [1.82, 2.24) is 15.2 Å². The van der Waals surface area contributed by atoms with E-state index in [2.05, 4.69) is 26.6 Å². The van der Waals surface area contributed by atoms with Gasteiger partial charge in [-0.05, 0) is 35.7 Å². The van der Waals surface area contributed by atoms with Crippen molar-refractivity contribution < 1.29 is 4.74 Å². The van der Waals surface area contributed by atoms with Gasteiger partial charge in [-0.15, -0.1) is 16.4 Å². The van der Waals surface area contributed by atoms with Crippen LogP contribution in [-0.4, -0.2) is 27.5 Å². The molecule has 2 aromatic heterocycles. The Hall–Kier alpha value is -1.50. The van der Waals surface area contributed by atoms with E-state index in [1.165, 1.54) is 4.88 Å². The van der Waals surface area contributed by atoms with Crippen LogP contribution in [0.25, 0.3) is 0 Å². The molecule has 2 heterocycles. The first-order valence-corrected chi connectivity index (χ1v) is 8.99. The van der Waals surface area contributed by atoms with E-state index < -0.39 is 0 Å². The molecule has 0 bridgehead atoms. The zero-order valence-electron chi connectivity index (χ0n) is 11.7. The summed E-state index contributed by atoms with van der Waals surface area (Å²) >= 11 is 9.13. The zero-order chi connectivity index (χ0) is 15.2. The Morgan fingerprint density at radius 1 is 1.23 bits per heavy atom. The van der Waals surface area contributed by atoms with Crippen LogP contribution in [0.4, 0.5) is 0 Å². The molecular weight excluding hydrogens is 338 g/mol. The monoisotopic (exact) mass is 351 g/mol. The van der Waals surface area contributed by atoms with E-state index in [9.17, 15) is 0 Å². The highest BCUT2D eigenvalue weighted by Gasteiger charge is 2.05. The fourth-order valence-electron chi connectivity index (χ4n) is 1.82. The van der Waals surface area contributed by atoms with Crippen LogP contribution in [0.2, 0.25) is 5.02 Å². The number of hydrogen-bond acceptors (Lipinski definition) is 5. The van der Waals surface area contributed by atoms with E-state index in [-0.39, 0.29) is 0 Å². The van der Waals surface area contributed by atoms with Crippen LogP contribution >= 0.6 is 34.7 Å². The summed E-state index contributed by atoms with van der Waals surface area (Å²) in [4.78, 5) is 5.75. The van der Waals surface area contributed by atoms with Crippen LogP contribution in [0.1, 0.15) is 10.7 Å². The van der Waals surface area contributed by atoms with E-state index in [1.54, 1.807) is 23.1 Å². The average Bonchev–Trinajstić information content (AvgIpc) is 3.18. The van der Waals surface area contributed by atoms with Crippen LogP contribution in [-0.2, 0) is 6.42 Å². The van der Waals surface area contributed by atoms with Gasteiger partial charge in [-0.3, -0.25) is 5.10 Å². The van der Waals surface area contributed by atoms with E-state index in [4.69, 9.17) is 16.3 Å². The summed E-state index contributed by atoms with van der Waals surface area (Å²) in [7, 11) is 0. The van der Waals surface area contributed by atoms with E-state index in [1.807, 2.05) is 30.3 Å². The number of benzene rings is 1. The lowest BCUT2D eigenvalue weighted by Crippen LogP contribution is -2.00. The predicted octanol–water partition coefficient (Wildman–Crippen LogP) is 4.28. The van der Waals surface area contributed by atoms with Crippen molar-refractivity contribution in [3.05, 3.63) is 57.5 Å². The summed E-state index contributed by atoms with van der Waals surface area (Å²) in [6.07, 6.45) is 0.798. The molecule has 0 saturated heterocycles. The van der Waals surface area contributed by atoms with Gasteiger partial charge in [0, 0.05) is 22.1 Å². The molecule has 0 fully saturated rings. The van der Waals surface area contributed by atoms with Gasteiger partial charge in [-0.2, -0.15) is 0 Å². The summed E-state index contributed by atoms with van der Waals surface area (Å²) in [6, 6.07) is 11.5. The van der Waals surface area contributed by atoms with E-state index >= 15 is 0 Å². The topological polar surface area (TPSA) is 50.8 Å². The van der Waals surface area contributed by atoms with Gasteiger partial charge >= 0.3 is 0 Å². The molecule has 22 heavy (non-hydrogen) atoms. The van der Waals surface area contributed by atoms with Crippen molar-refractivity contribution in [2.24, 2.45) is 0 Å². The highest BCUT2D eigenvalue weighted by atomic mass is 35.5. The number of nitrogens with one attached hydrogen (secondary N) is 1. The maximum absolute atomic E-state index is 5.83. The second kappa shape index (κ2) is 7.67. The summed E-state index contributed by atoms with van der Waals surface area (Å²) in [5, 5.41) is 10.7. The number of hydrogen-bond donors (Lipinski definition) is 1. The average molecular weight is 352 g/mol. The van der Waals surface area contributed by atoms with Gasteiger partial charge in [0.2, 0.25) is 5.16 Å². The smallest absolute Gasteiger partial charge is 0.208 e. The molecular formula is C15H14ClN3OS2.